The number of hydrogen-bond acceptors (Lipinski definition) is 4. The average molecular weight is 436 g/mol. The highest BCUT2D eigenvalue weighted by Gasteiger charge is 2.25. The molecule has 2 fully saturated rings. The third-order valence-electron chi connectivity index (χ3n) is 6.36. The van der Waals surface area contributed by atoms with Crippen LogP contribution >= 0.6 is 0 Å². The van der Waals surface area contributed by atoms with E-state index in [0.29, 0.717) is 24.4 Å². The minimum absolute atomic E-state index is 0.000853. The lowest BCUT2D eigenvalue weighted by molar-refractivity contribution is -0.133. The Balaban J connectivity index is 1.36. The zero-order valence-electron chi connectivity index (χ0n) is 19.0. The van der Waals surface area contributed by atoms with Gasteiger partial charge in [-0.15, -0.1) is 0 Å². The summed E-state index contributed by atoms with van der Waals surface area (Å²) in [6.07, 6.45) is 4.46. The van der Waals surface area contributed by atoms with Gasteiger partial charge >= 0.3 is 0 Å². The van der Waals surface area contributed by atoms with Gasteiger partial charge in [0.25, 0.3) is 11.8 Å². The van der Waals surface area contributed by atoms with E-state index in [-0.39, 0.29) is 18.4 Å². The quantitative estimate of drug-likeness (QED) is 0.718. The van der Waals surface area contributed by atoms with Crippen molar-refractivity contribution in [3.8, 4) is 5.75 Å². The Hall–Kier alpha value is -3.02. The molecule has 6 heteroatoms. The summed E-state index contributed by atoms with van der Waals surface area (Å²) in [5, 5.41) is 0. The highest BCUT2D eigenvalue weighted by Crippen LogP contribution is 2.23. The zero-order valence-corrected chi connectivity index (χ0v) is 19.0. The maximum absolute atomic E-state index is 13.2. The van der Waals surface area contributed by atoms with Crippen molar-refractivity contribution in [2.24, 2.45) is 0 Å². The van der Waals surface area contributed by atoms with E-state index in [0.717, 1.165) is 39.0 Å². The van der Waals surface area contributed by atoms with E-state index in [2.05, 4.69) is 36.1 Å². The van der Waals surface area contributed by atoms with Crippen LogP contribution in [0.25, 0.3) is 0 Å². The molecule has 0 aromatic heterocycles. The van der Waals surface area contributed by atoms with Crippen molar-refractivity contribution in [2.75, 3.05) is 50.8 Å². The molecule has 4 rings (SSSR count). The fourth-order valence-corrected chi connectivity index (χ4v) is 4.48. The van der Waals surface area contributed by atoms with Crippen molar-refractivity contribution in [1.82, 2.24) is 9.80 Å². The molecule has 32 heavy (non-hydrogen) atoms. The number of carbonyl (C=O) groups is 2. The predicted molar refractivity (Wildman–Crippen MR) is 126 cm³/mol. The van der Waals surface area contributed by atoms with Crippen LogP contribution in [0.15, 0.2) is 48.5 Å². The fraction of sp³-hybridized carbons (Fsp3) is 0.462. The van der Waals surface area contributed by atoms with E-state index in [1.165, 1.54) is 24.1 Å². The molecule has 0 aliphatic carbocycles. The molecule has 2 aromatic carbocycles. The molecule has 2 aromatic rings. The molecular formula is C26H33N3O3. The van der Waals surface area contributed by atoms with Crippen LogP contribution in [-0.4, -0.2) is 67.5 Å². The third-order valence-corrected chi connectivity index (χ3v) is 6.36. The first kappa shape index (κ1) is 22.2. The van der Waals surface area contributed by atoms with Crippen LogP contribution in [0.5, 0.6) is 5.75 Å². The van der Waals surface area contributed by atoms with Crippen molar-refractivity contribution in [1.29, 1.82) is 0 Å². The largest absolute Gasteiger partial charge is 0.483 e. The van der Waals surface area contributed by atoms with Crippen LogP contribution in [0, 0.1) is 6.92 Å². The van der Waals surface area contributed by atoms with Crippen molar-refractivity contribution >= 4 is 17.5 Å². The van der Waals surface area contributed by atoms with Crippen LogP contribution in [0.4, 0.5) is 5.69 Å². The van der Waals surface area contributed by atoms with E-state index in [9.17, 15) is 9.59 Å². The first-order valence-electron chi connectivity index (χ1n) is 11.7. The number of likely N-dealkylation sites (tertiary alicyclic amines) is 1. The molecule has 6 nitrogen and oxygen atoms in total. The van der Waals surface area contributed by atoms with Gasteiger partial charge < -0.3 is 19.4 Å². The molecular weight excluding hydrogens is 402 g/mol. The normalized spacial score (nSPS) is 17.1. The second-order valence-corrected chi connectivity index (χ2v) is 8.70. The Kier molecular flexibility index (Phi) is 7.30. The molecule has 0 saturated carbocycles. The molecule has 2 amide bonds. The van der Waals surface area contributed by atoms with Gasteiger partial charge in [-0.05, 0) is 49.6 Å². The topological polar surface area (TPSA) is 53.1 Å². The van der Waals surface area contributed by atoms with Crippen LogP contribution < -0.4 is 9.64 Å². The Morgan fingerprint density at radius 1 is 0.812 bits per heavy atom. The minimum atomic E-state index is -0.0355. The molecule has 2 aliphatic rings. The van der Waals surface area contributed by atoms with E-state index < -0.39 is 0 Å². The lowest BCUT2D eigenvalue weighted by atomic mass is 10.1. The molecule has 0 unspecified atom stereocenters. The van der Waals surface area contributed by atoms with Gasteiger partial charge in [-0.25, -0.2) is 0 Å². The summed E-state index contributed by atoms with van der Waals surface area (Å²) in [6.45, 7) is 6.59. The van der Waals surface area contributed by atoms with Gasteiger partial charge in [0.1, 0.15) is 5.75 Å². The Bertz CT molecular complexity index is 929. The number of nitrogens with zero attached hydrogens (tertiary/aromatic N) is 3. The van der Waals surface area contributed by atoms with E-state index >= 15 is 0 Å². The Morgan fingerprint density at radius 2 is 1.53 bits per heavy atom. The summed E-state index contributed by atoms with van der Waals surface area (Å²) in [4.78, 5) is 31.9. The number of benzene rings is 2. The summed E-state index contributed by atoms with van der Waals surface area (Å²) in [5.74, 6) is 0.453. The maximum atomic E-state index is 13.2. The van der Waals surface area contributed by atoms with Gasteiger partial charge in [0.05, 0.1) is 5.56 Å². The first-order chi connectivity index (χ1) is 15.6. The second-order valence-electron chi connectivity index (χ2n) is 8.70. The number of anilines is 1. The predicted octanol–water partition coefficient (Wildman–Crippen LogP) is 3.74. The molecule has 0 N–H and O–H groups in total. The number of ether oxygens (including phenoxy) is 1. The monoisotopic (exact) mass is 435 g/mol. The van der Waals surface area contributed by atoms with Gasteiger partial charge in [-0.3, -0.25) is 9.59 Å². The SMILES string of the molecule is Cc1cccc(N2CCN(C(=O)c3ccccc3OCC(=O)N3CCCCCC3)CC2)c1. The molecule has 2 heterocycles. The summed E-state index contributed by atoms with van der Waals surface area (Å²) in [7, 11) is 0. The average Bonchev–Trinajstić information content (AvgIpc) is 3.12. The number of hydrogen-bond donors (Lipinski definition) is 0. The van der Waals surface area contributed by atoms with Gasteiger partial charge in [-0.2, -0.15) is 0 Å². The first-order valence-corrected chi connectivity index (χ1v) is 11.7. The van der Waals surface area contributed by atoms with Gasteiger partial charge in [0.2, 0.25) is 0 Å². The van der Waals surface area contributed by atoms with Crippen LogP contribution in [-0.2, 0) is 4.79 Å². The number of para-hydroxylation sites is 1. The van der Waals surface area contributed by atoms with Gasteiger partial charge in [0.15, 0.2) is 6.61 Å². The highest BCUT2D eigenvalue weighted by atomic mass is 16.5. The maximum Gasteiger partial charge on any atom is 0.260 e. The standard InChI is InChI=1S/C26H33N3O3/c1-21-9-8-10-22(19-21)27-15-17-29(18-16-27)26(31)23-11-4-5-12-24(23)32-20-25(30)28-13-6-2-3-7-14-28/h4-5,8-12,19H,2-3,6-7,13-18,20H2,1H3. The molecule has 0 bridgehead atoms. The molecule has 170 valence electrons. The smallest absolute Gasteiger partial charge is 0.260 e. The zero-order chi connectivity index (χ0) is 22.3. The van der Waals surface area contributed by atoms with E-state index in [4.69, 9.17) is 4.74 Å². The Morgan fingerprint density at radius 3 is 2.25 bits per heavy atom. The lowest BCUT2D eigenvalue weighted by Crippen LogP contribution is -2.48. The van der Waals surface area contributed by atoms with Crippen LogP contribution in [0.2, 0.25) is 0 Å². The Labute approximate surface area is 190 Å². The van der Waals surface area contributed by atoms with Gasteiger partial charge in [-0.1, -0.05) is 37.1 Å². The van der Waals surface area contributed by atoms with E-state index in [1.54, 1.807) is 12.1 Å². The van der Waals surface area contributed by atoms with E-state index in [1.807, 2.05) is 21.9 Å². The summed E-state index contributed by atoms with van der Waals surface area (Å²) < 4.78 is 5.86. The number of aryl methyl sites for hydroxylation is 1. The molecule has 2 saturated heterocycles. The number of carbonyl (C=O) groups excluding carboxylic acids is 2. The minimum Gasteiger partial charge on any atom is -0.483 e. The van der Waals surface area contributed by atoms with Crippen LogP contribution in [0.3, 0.4) is 0 Å². The molecule has 0 spiro atoms. The highest BCUT2D eigenvalue weighted by molar-refractivity contribution is 5.97. The molecule has 0 radical (unpaired) electrons. The second kappa shape index (κ2) is 10.5. The van der Waals surface area contributed by atoms with Crippen molar-refractivity contribution < 1.29 is 14.3 Å². The fourth-order valence-electron chi connectivity index (χ4n) is 4.48. The lowest BCUT2D eigenvalue weighted by Gasteiger charge is -2.36. The summed E-state index contributed by atoms with van der Waals surface area (Å²) in [5.41, 5.74) is 2.97. The molecule has 0 atom stereocenters. The summed E-state index contributed by atoms with van der Waals surface area (Å²) >= 11 is 0. The number of piperazine rings is 1. The third kappa shape index (κ3) is 5.42. The number of amides is 2. The summed E-state index contributed by atoms with van der Waals surface area (Å²) in [6, 6.07) is 15.7. The van der Waals surface area contributed by atoms with Crippen molar-refractivity contribution in [3.05, 3.63) is 59.7 Å². The van der Waals surface area contributed by atoms with Gasteiger partial charge in [0, 0.05) is 45.0 Å². The van der Waals surface area contributed by atoms with Crippen molar-refractivity contribution in [2.45, 2.75) is 32.6 Å². The molecule has 2 aliphatic heterocycles. The number of rotatable bonds is 5. The van der Waals surface area contributed by atoms with Crippen molar-refractivity contribution in [3.63, 3.8) is 0 Å². The van der Waals surface area contributed by atoms with Crippen LogP contribution in [0.1, 0.15) is 41.6 Å².